The van der Waals surface area contributed by atoms with E-state index in [9.17, 15) is 5.11 Å². The van der Waals surface area contributed by atoms with Crippen LogP contribution in [0, 0.1) is 11.8 Å². The van der Waals surface area contributed by atoms with Crippen LogP contribution in [0.3, 0.4) is 0 Å². The average molecular weight is 276 g/mol. The zero-order chi connectivity index (χ0) is 13.5. The van der Waals surface area contributed by atoms with Crippen LogP contribution in [0.4, 0.5) is 0 Å². The van der Waals surface area contributed by atoms with Crippen molar-refractivity contribution < 1.29 is 19.3 Å². The predicted octanol–water partition coefficient (Wildman–Crippen LogP) is 1.71. The number of fused-ring (bicyclic) bond motifs is 1. The van der Waals surface area contributed by atoms with E-state index in [0.717, 1.165) is 18.4 Å². The lowest BCUT2D eigenvalue weighted by molar-refractivity contribution is -0.242. The van der Waals surface area contributed by atoms with E-state index in [-0.39, 0.29) is 24.6 Å². The third kappa shape index (κ3) is 2.17. The van der Waals surface area contributed by atoms with Crippen LogP contribution in [-0.2, 0) is 20.8 Å². The third-order valence-electron chi connectivity index (χ3n) is 4.84. The molecular formula is C16H20O4. The summed E-state index contributed by atoms with van der Waals surface area (Å²) in [4.78, 5) is 0. The molecule has 2 bridgehead atoms. The molecule has 108 valence electrons. The van der Waals surface area contributed by atoms with Gasteiger partial charge in [-0.15, -0.1) is 0 Å². The van der Waals surface area contributed by atoms with Crippen LogP contribution in [0.25, 0.3) is 0 Å². The Kier molecular flexibility index (Phi) is 3.27. The van der Waals surface area contributed by atoms with Gasteiger partial charge in [0.2, 0.25) is 0 Å². The van der Waals surface area contributed by atoms with Crippen molar-refractivity contribution in [2.24, 2.45) is 11.8 Å². The van der Waals surface area contributed by atoms with Gasteiger partial charge in [0, 0.05) is 0 Å². The molecule has 20 heavy (non-hydrogen) atoms. The molecule has 3 aliphatic rings. The maximum Gasteiger partial charge on any atom is 0.184 e. The third-order valence-corrected chi connectivity index (χ3v) is 4.84. The van der Waals surface area contributed by atoms with Crippen LogP contribution in [-0.4, -0.2) is 36.3 Å². The highest BCUT2D eigenvalue weighted by Gasteiger charge is 2.53. The molecule has 3 fully saturated rings. The number of hydrogen-bond acceptors (Lipinski definition) is 4. The van der Waals surface area contributed by atoms with E-state index in [0.29, 0.717) is 25.0 Å². The molecule has 4 rings (SSSR count). The van der Waals surface area contributed by atoms with Gasteiger partial charge in [0.05, 0.1) is 25.4 Å². The van der Waals surface area contributed by atoms with Gasteiger partial charge in [-0.1, -0.05) is 30.3 Å². The van der Waals surface area contributed by atoms with Gasteiger partial charge in [-0.25, -0.2) is 0 Å². The summed E-state index contributed by atoms with van der Waals surface area (Å²) in [5.74, 6) is 0.906. The second-order valence-electron chi connectivity index (χ2n) is 6.10. The number of aliphatic hydroxyl groups is 1. The number of hydrogen-bond donors (Lipinski definition) is 1. The Morgan fingerprint density at radius 3 is 2.90 bits per heavy atom. The van der Waals surface area contributed by atoms with Crippen molar-refractivity contribution in [3.63, 3.8) is 0 Å². The molecule has 2 saturated heterocycles. The zero-order valence-corrected chi connectivity index (χ0v) is 11.4. The van der Waals surface area contributed by atoms with E-state index in [1.54, 1.807) is 0 Å². The molecule has 0 spiro atoms. The maximum atomic E-state index is 10.0. The van der Waals surface area contributed by atoms with Crippen molar-refractivity contribution in [2.45, 2.75) is 44.1 Å². The van der Waals surface area contributed by atoms with Gasteiger partial charge < -0.3 is 19.3 Å². The van der Waals surface area contributed by atoms with E-state index >= 15 is 0 Å². The molecule has 0 unspecified atom stereocenters. The van der Waals surface area contributed by atoms with E-state index < -0.39 is 0 Å². The van der Waals surface area contributed by atoms with Crippen LogP contribution in [0.15, 0.2) is 30.3 Å². The quantitative estimate of drug-likeness (QED) is 0.913. The molecule has 2 heterocycles. The SMILES string of the molecule is O[C@H]1C[C@@H]2CO[C@@H](OCc3ccccc3)[C@@H]3O[C@@H]1C[C@H]23. The normalized spacial score (nSPS) is 42.6. The second kappa shape index (κ2) is 5.11. The summed E-state index contributed by atoms with van der Waals surface area (Å²) in [6.07, 6.45) is 1.08. The monoisotopic (exact) mass is 276 g/mol. The lowest BCUT2D eigenvalue weighted by atomic mass is 9.75. The van der Waals surface area contributed by atoms with Crippen molar-refractivity contribution in [3.05, 3.63) is 35.9 Å². The first-order valence-electron chi connectivity index (χ1n) is 7.42. The first kappa shape index (κ1) is 12.8. The van der Waals surface area contributed by atoms with Crippen molar-refractivity contribution in [2.75, 3.05) is 6.61 Å². The lowest BCUT2D eigenvalue weighted by Crippen LogP contribution is -2.46. The fourth-order valence-corrected chi connectivity index (χ4v) is 3.77. The van der Waals surface area contributed by atoms with Crippen LogP contribution < -0.4 is 0 Å². The van der Waals surface area contributed by atoms with E-state index in [4.69, 9.17) is 14.2 Å². The molecule has 1 N–H and O–H groups in total. The second-order valence-corrected chi connectivity index (χ2v) is 6.10. The Bertz CT molecular complexity index is 463. The Hall–Kier alpha value is -0.940. The summed E-state index contributed by atoms with van der Waals surface area (Å²) >= 11 is 0. The highest BCUT2D eigenvalue weighted by molar-refractivity contribution is 5.13. The van der Waals surface area contributed by atoms with Crippen molar-refractivity contribution in [3.8, 4) is 0 Å². The Balaban J connectivity index is 1.43. The average Bonchev–Trinajstić information content (AvgIpc) is 2.90. The van der Waals surface area contributed by atoms with E-state index in [2.05, 4.69) is 0 Å². The topological polar surface area (TPSA) is 47.9 Å². The summed E-state index contributed by atoms with van der Waals surface area (Å²) in [5.41, 5.74) is 1.14. The molecule has 1 aromatic carbocycles. The highest BCUT2D eigenvalue weighted by atomic mass is 16.7. The fraction of sp³-hybridized carbons (Fsp3) is 0.625. The molecule has 4 nitrogen and oxygen atoms in total. The molecular weight excluding hydrogens is 256 g/mol. The van der Waals surface area contributed by atoms with Crippen molar-refractivity contribution >= 4 is 0 Å². The Morgan fingerprint density at radius 1 is 1.20 bits per heavy atom. The lowest BCUT2D eigenvalue weighted by Gasteiger charge is -2.38. The first-order chi connectivity index (χ1) is 9.81. The number of ether oxygens (including phenoxy) is 3. The minimum Gasteiger partial charge on any atom is -0.390 e. The van der Waals surface area contributed by atoms with Gasteiger partial charge >= 0.3 is 0 Å². The van der Waals surface area contributed by atoms with Crippen molar-refractivity contribution in [1.29, 1.82) is 0 Å². The number of rotatable bonds is 3. The van der Waals surface area contributed by atoms with Gasteiger partial charge in [-0.05, 0) is 30.2 Å². The van der Waals surface area contributed by atoms with Crippen LogP contribution in [0.1, 0.15) is 18.4 Å². The van der Waals surface area contributed by atoms with Gasteiger partial charge in [0.15, 0.2) is 6.29 Å². The van der Waals surface area contributed by atoms with Crippen molar-refractivity contribution in [1.82, 2.24) is 0 Å². The Labute approximate surface area is 118 Å². The molecule has 6 atom stereocenters. The summed E-state index contributed by atoms with van der Waals surface area (Å²) in [6.45, 7) is 1.21. The molecule has 1 saturated carbocycles. The first-order valence-corrected chi connectivity index (χ1v) is 7.42. The summed E-state index contributed by atoms with van der Waals surface area (Å²) in [5, 5.41) is 10.0. The van der Waals surface area contributed by atoms with E-state index in [1.165, 1.54) is 0 Å². The number of benzene rings is 1. The minimum atomic E-state index is -0.335. The minimum absolute atomic E-state index is 0.0142. The molecule has 0 radical (unpaired) electrons. The molecule has 1 aliphatic carbocycles. The van der Waals surface area contributed by atoms with Gasteiger partial charge in [-0.2, -0.15) is 0 Å². The van der Waals surface area contributed by atoms with Crippen LogP contribution in [0.2, 0.25) is 0 Å². The van der Waals surface area contributed by atoms with Crippen LogP contribution in [0.5, 0.6) is 0 Å². The number of aliphatic hydroxyl groups excluding tert-OH is 1. The molecule has 2 aliphatic heterocycles. The van der Waals surface area contributed by atoms with Gasteiger partial charge in [-0.3, -0.25) is 0 Å². The van der Waals surface area contributed by atoms with E-state index in [1.807, 2.05) is 30.3 Å². The smallest absolute Gasteiger partial charge is 0.184 e. The molecule has 0 amide bonds. The molecule has 1 aromatic rings. The molecule has 4 heteroatoms. The summed E-state index contributed by atoms with van der Waals surface area (Å²) in [7, 11) is 0. The largest absolute Gasteiger partial charge is 0.390 e. The molecule has 0 aromatic heterocycles. The standard InChI is InChI=1S/C16H20O4/c17-13-6-11-9-19-16(15-12(11)7-14(13)20-15)18-8-10-4-2-1-3-5-10/h1-5,11-17H,6-9H2/t11-,12-,13+,14-,15-,16-/m1/s1. The summed E-state index contributed by atoms with van der Waals surface area (Å²) < 4.78 is 17.7. The Morgan fingerprint density at radius 2 is 2.05 bits per heavy atom. The highest BCUT2D eigenvalue weighted by Crippen LogP contribution is 2.46. The van der Waals surface area contributed by atoms with Gasteiger partial charge in [0.1, 0.15) is 6.10 Å². The predicted molar refractivity (Wildman–Crippen MR) is 71.9 cm³/mol. The maximum absolute atomic E-state index is 10.0. The van der Waals surface area contributed by atoms with Crippen LogP contribution >= 0.6 is 0 Å². The zero-order valence-electron chi connectivity index (χ0n) is 11.4. The van der Waals surface area contributed by atoms with Gasteiger partial charge in [0.25, 0.3) is 0 Å². The summed E-state index contributed by atoms with van der Waals surface area (Å²) in [6, 6.07) is 10.1. The fourth-order valence-electron chi connectivity index (χ4n) is 3.77.